The zero-order valence-electron chi connectivity index (χ0n) is 12.8. The monoisotopic (exact) mass is 310 g/mol. The van der Waals surface area contributed by atoms with Crippen molar-refractivity contribution in [3.05, 3.63) is 70.3 Å². The van der Waals surface area contributed by atoms with Crippen molar-refractivity contribution in [2.75, 3.05) is 0 Å². The second-order valence-corrected chi connectivity index (χ2v) is 5.97. The van der Waals surface area contributed by atoms with Gasteiger partial charge in [0.05, 0.1) is 0 Å². The Bertz CT molecular complexity index is 765. The zero-order valence-corrected chi connectivity index (χ0v) is 12.8. The molecule has 2 aromatic rings. The summed E-state index contributed by atoms with van der Waals surface area (Å²) in [5.41, 5.74) is 4.81. The summed E-state index contributed by atoms with van der Waals surface area (Å²) >= 11 is 0. The van der Waals surface area contributed by atoms with E-state index in [1.165, 1.54) is 0 Å². The lowest BCUT2D eigenvalue weighted by Gasteiger charge is -2.24. The molecule has 23 heavy (non-hydrogen) atoms. The minimum atomic E-state index is -1.49. The molecule has 0 saturated carbocycles. The average Bonchev–Trinajstić information content (AvgIpc) is 2.66. The molecule has 1 aliphatic carbocycles. The molecule has 1 unspecified atom stereocenters. The highest BCUT2D eigenvalue weighted by atomic mass is 16.4. The van der Waals surface area contributed by atoms with Gasteiger partial charge >= 0.3 is 11.9 Å². The Morgan fingerprint density at radius 3 is 2.30 bits per heavy atom. The lowest BCUT2D eigenvalue weighted by molar-refractivity contribution is -0.155. The number of aryl methyl sites for hydroxylation is 2. The molecule has 0 aromatic heterocycles. The molecule has 0 saturated heterocycles. The predicted octanol–water partition coefficient (Wildman–Crippen LogP) is 3.01. The van der Waals surface area contributed by atoms with E-state index in [2.05, 4.69) is 0 Å². The molecule has 2 N–H and O–H groups in total. The van der Waals surface area contributed by atoms with Gasteiger partial charge in [-0.3, -0.25) is 9.59 Å². The lowest BCUT2D eigenvalue weighted by atomic mass is 9.78. The maximum atomic E-state index is 11.7. The van der Waals surface area contributed by atoms with Crippen LogP contribution in [-0.2, 0) is 22.4 Å². The van der Waals surface area contributed by atoms with Gasteiger partial charge in [-0.25, -0.2) is 0 Å². The summed E-state index contributed by atoms with van der Waals surface area (Å²) in [5.74, 6) is -4.76. The molecule has 0 heterocycles. The topological polar surface area (TPSA) is 74.6 Å². The Morgan fingerprint density at radius 2 is 1.61 bits per heavy atom. The second kappa shape index (κ2) is 5.88. The Balaban J connectivity index is 2.29. The fourth-order valence-corrected chi connectivity index (χ4v) is 3.60. The molecule has 0 spiro atoms. The van der Waals surface area contributed by atoms with Gasteiger partial charge in [-0.1, -0.05) is 42.5 Å². The van der Waals surface area contributed by atoms with Crippen molar-refractivity contribution >= 4 is 11.9 Å². The van der Waals surface area contributed by atoms with Gasteiger partial charge in [0.2, 0.25) is 0 Å². The fourth-order valence-electron chi connectivity index (χ4n) is 3.60. The van der Waals surface area contributed by atoms with Crippen molar-refractivity contribution in [2.24, 2.45) is 5.92 Å². The van der Waals surface area contributed by atoms with E-state index in [1.807, 2.05) is 49.4 Å². The average molecular weight is 310 g/mol. The number of benzene rings is 2. The van der Waals surface area contributed by atoms with Crippen LogP contribution in [0.4, 0.5) is 0 Å². The molecule has 0 amide bonds. The van der Waals surface area contributed by atoms with E-state index in [1.54, 1.807) is 0 Å². The summed E-state index contributed by atoms with van der Waals surface area (Å²) in [6.07, 6.45) is 1.58. The van der Waals surface area contributed by atoms with Crippen molar-refractivity contribution < 1.29 is 19.8 Å². The molecule has 3 rings (SSSR count). The van der Waals surface area contributed by atoms with E-state index in [-0.39, 0.29) is 0 Å². The summed E-state index contributed by atoms with van der Waals surface area (Å²) in [6.45, 7) is 1.99. The van der Waals surface area contributed by atoms with E-state index in [0.29, 0.717) is 0 Å². The molecule has 118 valence electrons. The van der Waals surface area contributed by atoms with E-state index >= 15 is 0 Å². The number of carboxylic acids is 2. The molecule has 0 bridgehead atoms. The van der Waals surface area contributed by atoms with Gasteiger partial charge in [0.15, 0.2) is 5.92 Å². The number of carboxylic acid groups (broad SMARTS) is 2. The highest BCUT2D eigenvalue weighted by molar-refractivity contribution is 5.95. The first-order valence-corrected chi connectivity index (χ1v) is 7.62. The Labute approximate surface area is 134 Å². The molecule has 4 nitrogen and oxygen atoms in total. The molecular formula is C19H18O4. The van der Waals surface area contributed by atoms with Crippen molar-refractivity contribution in [1.82, 2.24) is 0 Å². The predicted molar refractivity (Wildman–Crippen MR) is 85.6 cm³/mol. The number of carbonyl (C=O) groups is 2. The maximum absolute atomic E-state index is 11.7. The molecule has 2 aromatic carbocycles. The quantitative estimate of drug-likeness (QED) is 0.855. The number of hydrogen-bond donors (Lipinski definition) is 2. The minimum Gasteiger partial charge on any atom is -0.481 e. The van der Waals surface area contributed by atoms with Crippen LogP contribution >= 0.6 is 0 Å². The third-order valence-corrected chi connectivity index (χ3v) is 4.68. The van der Waals surface area contributed by atoms with E-state index < -0.39 is 23.8 Å². The standard InChI is InChI=1S/C19H18O4/c1-11-5-4-8-15-13(11)10-9-12-6-2-3-7-14(12)16(15)17(18(20)21)19(22)23/h2-8,16-17H,9-10H2,1H3,(H,20,21)(H,22,23). The summed E-state index contributed by atoms with van der Waals surface area (Å²) in [4.78, 5) is 23.4. The highest BCUT2D eigenvalue weighted by Crippen LogP contribution is 2.40. The van der Waals surface area contributed by atoms with Crippen LogP contribution in [-0.4, -0.2) is 22.2 Å². The van der Waals surface area contributed by atoms with Crippen LogP contribution in [0.3, 0.4) is 0 Å². The fraction of sp³-hybridized carbons (Fsp3) is 0.263. The zero-order chi connectivity index (χ0) is 16.6. The van der Waals surface area contributed by atoms with Crippen LogP contribution in [0.5, 0.6) is 0 Å². The summed E-state index contributed by atoms with van der Waals surface area (Å²) in [5, 5.41) is 19.1. The molecule has 1 aliphatic rings. The molecule has 0 radical (unpaired) electrons. The van der Waals surface area contributed by atoms with Gasteiger partial charge in [-0.2, -0.15) is 0 Å². The van der Waals surface area contributed by atoms with Crippen LogP contribution in [0.2, 0.25) is 0 Å². The van der Waals surface area contributed by atoms with E-state index in [4.69, 9.17) is 0 Å². The largest absolute Gasteiger partial charge is 0.481 e. The smallest absolute Gasteiger partial charge is 0.318 e. The first kappa shape index (κ1) is 15.3. The van der Waals surface area contributed by atoms with Crippen LogP contribution in [0.25, 0.3) is 0 Å². The van der Waals surface area contributed by atoms with Crippen LogP contribution in [0, 0.1) is 12.8 Å². The SMILES string of the molecule is Cc1cccc2c1CCc1ccccc1C2C(C(=O)O)C(=O)O. The first-order chi connectivity index (χ1) is 11.0. The van der Waals surface area contributed by atoms with Crippen molar-refractivity contribution in [2.45, 2.75) is 25.7 Å². The molecule has 1 atom stereocenters. The molecular weight excluding hydrogens is 292 g/mol. The Kier molecular flexibility index (Phi) is 3.90. The van der Waals surface area contributed by atoms with Crippen molar-refractivity contribution in [3.8, 4) is 0 Å². The first-order valence-electron chi connectivity index (χ1n) is 7.62. The third kappa shape index (κ3) is 2.61. The summed E-state index contributed by atoms with van der Waals surface area (Å²) in [7, 11) is 0. The number of aliphatic carboxylic acids is 2. The van der Waals surface area contributed by atoms with Gasteiger partial charge in [0.1, 0.15) is 0 Å². The van der Waals surface area contributed by atoms with Crippen LogP contribution in [0.15, 0.2) is 42.5 Å². The molecule has 0 fully saturated rings. The number of hydrogen-bond acceptors (Lipinski definition) is 2. The normalized spacial score (nSPS) is 16.3. The van der Waals surface area contributed by atoms with Gasteiger partial charge in [-0.05, 0) is 47.6 Å². The third-order valence-electron chi connectivity index (χ3n) is 4.68. The van der Waals surface area contributed by atoms with Gasteiger partial charge in [-0.15, -0.1) is 0 Å². The van der Waals surface area contributed by atoms with Gasteiger partial charge in [0.25, 0.3) is 0 Å². The number of rotatable bonds is 3. The molecule has 4 heteroatoms. The highest BCUT2D eigenvalue weighted by Gasteiger charge is 2.40. The second-order valence-electron chi connectivity index (χ2n) is 5.97. The number of fused-ring (bicyclic) bond motifs is 2. The van der Waals surface area contributed by atoms with Crippen molar-refractivity contribution in [3.63, 3.8) is 0 Å². The van der Waals surface area contributed by atoms with E-state index in [9.17, 15) is 19.8 Å². The van der Waals surface area contributed by atoms with Crippen molar-refractivity contribution in [1.29, 1.82) is 0 Å². The summed E-state index contributed by atoms with van der Waals surface area (Å²) < 4.78 is 0. The van der Waals surface area contributed by atoms with Gasteiger partial charge in [0, 0.05) is 5.92 Å². The maximum Gasteiger partial charge on any atom is 0.318 e. The van der Waals surface area contributed by atoms with E-state index in [0.717, 1.165) is 40.7 Å². The summed E-state index contributed by atoms with van der Waals surface area (Å²) in [6, 6.07) is 13.3. The Hall–Kier alpha value is -2.62. The Morgan fingerprint density at radius 1 is 0.957 bits per heavy atom. The van der Waals surface area contributed by atoms with Crippen LogP contribution in [0.1, 0.15) is 33.7 Å². The lowest BCUT2D eigenvalue weighted by Crippen LogP contribution is -2.31. The minimum absolute atomic E-state index is 0.668. The molecule has 0 aliphatic heterocycles. The van der Waals surface area contributed by atoms with Crippen LogP contribution < -0.4 is 0 Å². The van der Waals surface area contributed by atoms with Gasteiger partial charge < -0.3 is 10.2 Å².